The first-order valence-corrected chi connectivity index (χ1v) is 7.24. The number of hydrogen-bond acceptors (Lipinski definition) is 3. The normalized spacial score (nSPS) is 17.0. The SMILES string of the molecule is Cc1cccc2c(N)c(C(=O)NC3(C(F)(F)F)CC3)sc12. The van der Waals surface area contributed by atoms with Crippen LogP contribution in [-0.4, -0.2) is 17.6 Å². The molecule has 3 nitrogen and oxygen atoms in total. The number of amides is 1. The summed E-state index contributed by atoms with van der Waals surface area (Å²) in [6.07, 6.45) is -4.58. The maximum absolute atomic E-state index is 12.9. The van der Waals surface area contributed by atoms with Gasteiger partial charge < -0.3 is 11.1 Å². The lowest BCUT2D eigenvalue weighted by Gasteiger charge is -2.20. The van der Waals surface area contributed by atoms with E-state index in [1.807, 2.05) is 13.0 Å². The van der Waals surface area contributed by atoms with Gasteiger partial charge in [-0.2, -0.15) is 13.2 Å². The highest BCUT2D eigenvalue weighted by molar-refractivity contribution is 7.21. The molecule has 7 heteroatoms. The van der Waals surface area contributed by atoms with Crippen molar-refractivity contribution in [2.24, 2.45) is 0 Å². The van der Waals surface area contributed by atoms with Crippen molar-refractivity contribution in [2.45, 2.75) is 31.5 Å². The van der Waals surface area contributed by atoms with Crippen LogP contribution in [0.2, 0.25) is 0 Å². The summed E-state index contributed by atoms with van der Waals surface area (Å²) in [5.74, 6) is -0.747. The Balaban J connectivity index is 1.96. The van der Waals surface area contributed by atoms with Crippen LogP contribution in [0.1, 0.15) is 28.1 Å². The van der Waals surface area contributed by atoms with Gasteiger partial charge in [-0.15, -0.1) is 11.3 Å². The molecule has 0 radical (unpaired) electrons. The van der Waals surface area contributed by atoms with E-state index in [0.717, 1.165) is 21.6 Å². The zero-order valence-corrected chi connectivity index (χ0v) is 12.0. The van der Waals surface area contributed by atoms with Gasteiger partial charge in [0.2, 0.25) is 0 Å². The minimum absolute atomic E-state index is 0.0773. The van der Waals surface area contributed by atoms with Crippen LogP contribution in [0.4, 0.5) is 18.9 Å². The Bertz CT molecular complexity index is 732. The number of benzene rings is 1. The van der Waals surface area contributed by atoms with Gasteiger partial charge in [0.25, 0.3) is 5.91 Å². The summed E-state index contributed by atoms with van der Waals surface area (Å²) >= 11 is 1.13. The van der Waals surface area contributed by atoms with Gasteiger partial charge in [0.05, 0.1) is 5.69 Å². The van der Waals surface area contributed by atoms with Crippen molar-refractivity contribution in [2.75, 3.05) is 5.73 Å². The van der Waals surface area contributed by atoms with Gasteiger partial charge in [-0.05, 0) is 25.3 Å². The van der Waals surface area contributed by atoms with E-state index < -0.39 is 17.6 Å². The molecule has 1 fully saturated rings. The predicted molar refractivity (Wildman–Crippen MR) is 76.5 cm³/mol. The molecule has 1 amide bonds. The van der Waals surface area contributed by atoms with Crippen LogP contribution in [0.15, 0.2) is 18.2 Å². The lowest BCUT2D eigenvalue weighted by atomic mass is 10.1. The van der Waals surface area contributed by atoms with Crippen molar-refractivity contribution in [3.8, 4) is 0 Å². The summed E-state index contributed by atoms with van der Waals surface area (Å²) in [5, 5.41) is 2.82. The fraction of sp³-hybridized carbons (Fsp3) is 0.357. The summed E-state index contributed by atoms with van der Waals surface area (Å²) in [6, 6.07) is 5.44. The van der Waals surface area contributed by atoms with E-state index in [-0.39, 0.29) is 23.4 Å². The Morgan fingerprint density at radius 1 is 1.38 bits per heavy atom. The lowest BCUT2D eigenvalue weighted by molar-refractivity contribution is -0.163. The maximum atomic E-state index is 12.9. The number of nitrogen functional groups attached to an aromatic ring is 1. The van der Waals surface area contributed by atoms with Crippen molar-refractivity contribution in [3.63, 3.8) is 0 Å². The van der Waals surface area contributed by atoms with E-state index in [1.54, 1.807) is 12.1 Å². The van der Waals surface area contributed by atoms with Crippen molar-refractivity contribution in [1.29, 1.82) is 0 Å². The van der Waals surface area contributed by atoms with E-state index >= 15 is 0 Å². The van der Waals surface area contributed by atoms with Crippen molar-refractivity contribution in [1.82, 2.24) is 5.32 Å². The number of anilines is 1. The Morgan fingerprint density at radius 2 is 2.05 bits per heavy atom. The smallest absolute Gasteiger partial charge is 0.397 e. The molecular weight excluding hydrogens is 301 g/mol. The molecule has 1 aliphatic carbocycles. The number of carbonyl (C=O) groups is 1. The van der Waals surface area contributed by atoms with Crippen LogP contribution in [0, 0.1) is 6.92 Å². The number of carbonyl (C=O) groups excluding carboxylic acids is 1. The molecule has 0 saturated heterocycles. The average Bonchev–Trinajstić information content (AvgIpc) is 3.09. The number of thiophene rings is 1. The molecule has 1 saturated carbocycles. The number of alkyl halides is 3. The molecule has 0 atom stereocenters. The van der Waals surface area contributed by atoms with Crippen LogP contribution in [0.3, 0.4) is 0 Å². The monoisotopic (exact) mass is 314 g/mol. The van der Waals surface area contributed by atoms with Crippen LogP contribution in [0.5, 0.6) is 0 Å². The van der Waals surface area contributed by atoms with Crippen LogP contribution >= 0.6 is 11.3 Å². The fourth-order valence-electron chi connectivity index (χ4n) is 2.33. The Morgan fingerprint density at radius 3 is 2.57 bits per heavy atom. The van der Waals surface area contributed by atoms with Gasteiger partial charge in [-0.1, -0.05) is 18.2 Å². The van der Waals surface area contributed by atoms with Gasteiger partial charge >= 0.3 is 6.18 Å². The van der Waals surface area contributed by atoms with E-state index in [9.17, 15) is 18.0 Å². The third-order valence-corrected chi connectivity index (χ3v) is 5.16. The summed E-state index contributed by atoms with van der Waals surface area (Å²) < 4.78 is 39.5. The first kappa shape index (κ1) is 14.2. The number of rotatable bonds is 2. The van der Waals surface area contributed by atoms with Gasteiger partial charge in [0.1, 0.15) is 10.4 Å². The number of nitrogens with two attached hydrogens (primary N) is 1. The largest absolute Gasteiger partial charge is 0.411 e. The Hall–Kier alpha value is -1.76. The molecule has 1 heterocycles. The molecule has 1 aliphatic rings. The van der Waals surface area contributed by atoms with Gasteiger partial charge in [-0.3, -0.25) is 4.79 Å². The molecule has 2 aromatic rings. The Labute approximate surface area is 122 Å². The first-order valence-electron chi connectivity index (χ1n) is 6.42. The highest BCUT2D eigenvalue weighted by Crippen LogP contribution is 2.49. The minimum atomic E-state index is -4.43. The highest BCUT2D eigenvalue weighted by atomic mass is 32.1. The minimum Gasteiger partial charge on any atom is -0.397 e. The molecule has 21 heavy (non-hydrogen) atoms. The molecule has 3 rings (SSSR count). The van der Waals surface area contributed by atoms with Gasteiger partial charge in [0.15, 0.2) is 0 Å². The standard InChI is InChI=1S/C14H13F3N2OS/c1-7-3-2-4-8-9(18)11(21-10(7)8)12(20)19-13(5-6-13)14(15,16)17/h2-4H,5-6,18H2,1H3,(H,19,20). The Kier molecular flexibility index (Phi) is 2.95. The highest BCUT2D eigenvalue weighted by Gasteiger charge is 2.64. The van der Waals surface area contributed by atoms with Gasteiger partial charge in [-0.25, -0.2) is 0 Å². The first-order chi connectivity index (χ1) is 9.75. The van der Waals surface area contributed by atoms with E-state index in [1.165, 1.54) is 0 Å². The molecule has 0 bridgehead atoms. The molecule has 1 aromatic carbocycles. The average molecular weight is 314 g/mol. The second-order valence-electron chi connectivity index (χ2n) is 5.33. The summed E-state index contributed by atoms with van der Waals surface area (Å²) in [4.78, 5) is 12.3. The maximum Gasteiger partial charge on any atom is 0.411 e. The molecule has 1 aromatic heterocycles. The zero-order chi connectivity index (χ0) is 15.4. The van der Waals surface area contributed by atoms with Crippen LogP contribution < -0.4 is 11.1 Å². The third kappa shape index (κ3) is 2.16. The van der Waals surface area contributed by atoms with E-state index in [0.29, 0.717) is 5.39 Å². The summed E-state index contributed by atoms with van der Waals surface area (Å²) in [5.41, 5.74) is 5.05. The number of halogens is 3. The number of fused-ring (bicyclic) bond motifs is 1. The predicted octanol–water partition coefficient (Wildman–Crippen LogP) is 3.62. The summed E-state index contributed by atoms with van der Waals surface area (Å²) in [6.45, 7) is 1.87. The lowest BCUT2D eigenvalue weighted by Crippen LogP contribution is -2.47. The van der Waals surface area contributed by atoms with Crippen LogP contribution in [-0.2, 0) is 0 Å². The van der Waals surface area contributed by atoms with Crippen molar-refractivity contribution in [3.05, 3.63) is 28.6 Å². The second-order valence-corrected chi connectivity index (χ2v) is 6.35. The zero-order valence-electron chi connectivity index (χ0n) is 11.2. The number of hydrogen-bond donors (Lipinski definition) is 2. The number of nitrogens with one attached hydrogen (secondary N) is 1. The fourth-order valence-corrected chi connectivity index (χ4v) is 3.41. The molecule has 0 spiro atoms. The molecular formula is C14H13F3N2OS. The second kappa shape index (κ2) is 4.37. The topological polar surface area (TPSA) is 55.1 Å². The number of aryl methyl sites for hydroxylation is 1. The van der Waals surface area contributed by atoms with E-state index in [4.69, 9.17) is 5.73 Å². The van der Waals surface area contributed by atoms with Crippen LogP contribution in [0.25, 0.3) is 10.1 Å². The molecule has 3 N–H and O–H groups in total. The quantitative estimate of drug-likeness (QED) is 0.889. The van der Waals surface area contributed by atoms with Gasteiger partial charge in [0, 0.05) is 10.1 Å². The molecule has 0 aliphatic heterocycles. The van der Waals surface area contributed by atoms with Crippen molar-refractivity contribution < 1.29 is 18.0 Å². The molecule has 0 unspecified atom stereocenters. The third-order valence-electron chi connectivity index (χ3n) is 3.80. The molecule has 112 valence electrons. The van der Waals surface area contributed by atoms with Crippen molar-refractivity contribution >= 4 is 33.0 Å². The van der Waals surface area contributed by atoms with E-state index in [2.05, 4.69) is 5.32 Å². The summed E-state index contributed by atoms with van der Waals surface area (Å²) in [7, 11) is 0.